The number of nitrogens with one attached hydrogen (secondary N) is 2. The number of aromatic nitrogens is 3. The lowest BCUT2D eigenvalue weighted by Crippen LogP contribution is -2.13. The minimum atomic E-state index is -0.178. The highest BCUT2D eigenvalue weighted by atomic mass is 35.5. The van der Waals surface area contributed by atoms with E-state index in [1.165, 1.54) is 11.8 Å². The Kier molecular flexibility index (Phi) is 6.66. The predicted molar refractivity (Wildman–Crippen MR) is 144 cm³/mol. The molecule has 2 aromatic heterocycles. The molecule has 0 saturated carbocycles. The molecule has 0 aliphatic rings. The molecular formula is C28H21ClN4OS. The van der Waals surface area contributed by atoms with Crippen molar-refractivity contribution in [3.05, 3.63) is 113 Å². The molecule has 0 aliphatic carbocycles. The van der Waals surface area contributed by atoms with Crippen LogP contribution in [0, 0.1) is 6.92 Å². The maximum Gasteiger partial charge on any atom is 0.256 e. The van der Waals surface area contributed by atoms with Crippen molar-refractivity contribution in [1.82, 2.24) is 15.2 Å². The maximum absolute atomic E-state index is 13.1. The largest absolute Gasteiger partial charge is 0.322 e. The third kappa shape index (κ3) is 5.29. The Morgan fingerprint density at radius 2 is 1.86 bits per heavy atom. The third-order valence-electron chi connectivity index (χ3n) is 5.47. The molecule has 35 heavy (non-hydrogen) atoms. The number of hydrogen-bond donors (Lipinski definition) is 2. The van der Waals surface area contributed by atoms with Gasteiger partial charge < -0.3 is 5.32 Å². The first-order valence-electron chi connectivity index (χ1n) is 11.0. The summed E-state index contributed by atoms with van der Waals surface area (Å²) in [6, 6.07) is 24.9. The molecule has 0 radical (unpaired) electrons. The van der Waals surface area contributed by atoms with Crippen molar-refractivity contribution in [2.45, 2.75) is 16.7 Å². The SMILES string of the molecule is Cc1ccc(Cl)cc1NC(=O)c1ccccc1Sc1ccc2c(/C=C/c3ccccn3)n[nH]c2c1. The summed E-state index contributed by atoms with van der Waals surface area (Å²) in [4.78, 5) is 19.3. The number of carbonyl (C=O) groups is 1. The number of carbonyl (C=O) groups excluding carboxylic acids is 1. The highest BCUT2D eigenvalue weighted by Gasteiger charge is 2.14. The zero-order valence-corrected chi connectivity index (χ0v) is 20.4. The minimum Gasteiger partial charge on any atom is -0.322 e. The zero-order valence-electron chi connectivity index (χ0n) is 18.8. The van der Waals surface area contributed by atoms with Crippen LogP contribution in [0.2, 0.25) is 5.02 Å². The van der Waals surface area contributed by atoms with E-state index in [1.807, 2.05) is 91.9 Å². The molecule has 1 amide bonds. The van der Waals surface area contributed by atoms with Crippen LogP contribution in [0.3, 0.4) is 0 Å². The molecule has 7 heteroatoms. The summed E-state index contributed by atoms with van der Waals surface area (Å²) in [5.74, 6) is -0.178. The summed E-state index contributed by atoms with van der Waals surface area (Å²) >= 11 is 7.65. The van der Waals surface area contributed by atoms with Crippen LogP contribution in [-0.2, 0) is 0 Å². The molecule has 2 heterocycles. The highest BCUT2D eigenvalue weighted by molar-refractivity contribution is 7.99. The number of aromatic amines is 1. The average molecular weight is 497 g/mol. The van der Waals surface area contributed by atoms with Crippen LogP contribution in [0.4, 0.5) is 5.69 Å². The second-order valence-electron chi connectivity index (χ2n) is 7.92. The van der Waals surface area contributed by atoms with Gasteiger partial charge >= 0.3 is 0 Å². The maximum atomic E-state index is 13.1. The molecule has 2 N–H and O–H groups in total. The zero-order chi connectivity index (χ0) is 24.2. The van der Waals surface area contributed by atoms with Gasteiger partial charge in [-0.15, -0.1) is 0 Å². The number of H-pyrrole nitrogens is 1. The van der Waals surface area contributed by atoms with Crippen molar-refractivity contribution in [2.24, 2.45) is 0 Å². The van der Waals surface area contributed by atoms with Crippen LogP contribution in [0.1, 0.15) is 27.3 Å². The van der Waals surface area contributed by atoms with Crippen LogP contribution in [0.25, 0.3) is 23.1 Å². The Bertz CT molecular complexity index is 1550. The first kappa shape index (κ1) is 22.9. The van der Waals surface area contributed by atoms with E-state index in [1.54, 1.807) is 12.3 Å². The topological polar surface area (TPSA) is 70.7 Å². The van der Waals surface area contributed by atoms with Gasteiger partial charge in [0.15, 0.2) is 0 Å². The van der Waals surface area contributed by atoms with Gasteiger partial charge in [0.25, 0.3) is 5.91 Å². The fourth-order valence-electron chi connectivity index (χ4n) is 3.64. The van der Waals surface area contributed by atoms with Crippen LogP contribution >= 0.6 is 23.4 Å². The smallest absolute Gasteiger partial charge is 0.256 e. The molecule has 172 valence electrons. The Balaban J connectivity index is 1.37. The first-order chi connectivity index (χ1) is 17.1. The van der Waals surface area contributed by atoms with Gasteiger partial charge in [-0.1, -0.05) is 47.6 Å². The van der Waals surface area contributed by atoms with E-state index in [0.717, 1.165) is 37.6 Å². The van der Waals surface area contributed by atoms with Crippen molar-refractivity contribution in [1.29, 1.82) is 0 Å². The third-order valence-corrected chi connectivity index (χ3v) is 6.77. The summed E-state index contributed by atoms with van der Waals surface area (Å²) < 4.78 is 0. The van der Waals surface area contributed by atoms with Crippen LogP contribution in [-0.4, -0.2) is 21.1 Å². The summed E-state index contributed by atoms with van der Waals surface area (Å²) in [7, 11) is 0. The van der Waals surface area contributed by atoms with E-state index in [2.05, 4.69) is 20.5 Å². The molecule has 5 rings (SSSR count). The van der Waals surface area contributed by atoms with Gasteiger partial charge in [-0.05, 0) is 79.2 Å². The number of anilines is 1. The number of benzene rings is 3. The molecule has 0 bridgehead atoms. The van der Waals surface area contributed by atoms with Crippen molar-refractivity contribution in [2.75, 3.05) is 5.32 Å². The standard InChI is InChI=1S/C28H21ClN4OS/c1-18-9-10-19(29)16-25(18)31-28(34)23-7-2-3-8-27(23)35-21-12-13-22-24(32-33-26(22)17-21)14-11-20-6-4-5-15-30-20/h2-17H,1H3,(H,31,34)(H,32,33)/b14-11+. The number of aryl methyl sites for hydroxylation is 1. The van der Waals surface area contributed by atoms with Crippen molar-refractivity contribution in [3.8, 4) is 0 Å². The van der Waals surface area contributed by atoms with Gasteiger partial charge in [0.2, 0.25) is 0 Å². The van der Waals surface area contributed by atoms with E-state index in [9.17, 15) is 4.79 Å². The lowest BCUT2D eigenvalue weighted by molar-refractivity contribution is 0.102. The quantitative estimate of drug-likeness (QED) is 0.255. The molecule has 5 aromatic rings. The monoisotopic (exact) mass is 496 g/mol. The van der Waals surface area contributed by atoms with Crippen molar-refractivity contribution < 1.29 is 4.79 Å². The molecule has 0 fully saturated rings. The Hall–Kier alpha value is -3.87. The molecule has 0 aliphatic heterocycles. The van der Waals surface area contributed by atoms with Gasteiger partial charge in [-0.3, -0.25) is 14.9 Å². The summed E-state index contributed by atoms with van der Waals surface area (Å²) in [6.07, 6.45) is 5.65. The minimum absolute atomic E-state index is 0.178. The lowest BCUT2D eigenvalue weighted by atomic mass is 10.1. The Labute approximate surface area is 212 Å². The summed E-state index contributed by atoms with van der Waals surface area (Å²) in [5.41, 5.74) is 4.89. The molecule has 0 saturated heterocycles. The van der Waals surface area contributed by atoms with Gasteiger partial charge in [0.05, 0.1) is 22.5 Å². The first-order valence-corrected chi connectivity index (χ1v) is 12.2. The molecular weight excluding hydrogens is 476 g/mol. The number of fused-ring (bicyclic) bond motifs is 1. The number of nitrogens with zero attached hydrogens (tertiary/aromatic N) is 2. The van der Waals surface area contributed by atoms with Crippen molar-refractivity contribution >= 4 is 58.0 Å². The molecule has 0 unspecified atom stereocenters. The fourth-order valence-corrected chi connectivity index (χ4v) is 4.79. The van der Waals surface area contributed by atoms with Gasteiger partial charge in [-0.2, -0.15) is 5.10 Å². The molecule has 0 spiro atoms. The summed E-state index contributed by atoms with van der Waals surface area (Å²) in [6.45, 7) is 1.94. The highest BCUT2D eigenvalue weighted by Crippen LogP contribution is 2.33. The van der Waals surface area contributed by atoms with E-state index in [0.29, 0.717) is 16.3 Å². The fraction of sp³-hybridized carbons (Fsp3) is 0.0357. The van der Waals surface area contributed by atoms with E-state index < -0.39 is 0 Å². The van der Waals surface area contributed by atoms with Crippen molar-refractivity contribution in [3.63, 3.8) is 0 Å². The van der Waals surface area contributed by atoms with Crippen LogP contribution in [0.15, 0.2) is 94.9 Å². The number of rotatable bonds is 6. The second-order valence-corrected chi connectivity index (χ2v) is 9.47. The number of halogens is 1. The molecule has 0 atom stereocenters. The molecule has 3 aromatic carbocycles. The van der Waals surface area contributed by atoms with Gasteiger partial charge in [-0.25, -0.2) is 0 Å². The van der Waals surface area contributed by atoms with Gasteiger partial charge in [0, 0.05) is 32.1 Å². The van der Waals surface area contributed by atoms with E-state index >= 15 is 0 Å². The van der Waals surface area contributed by atoms with Gasteiger partial charge in [0.1, 0.15) is 0 Å². The average Bonchev–Trinajstić information content (AvgIpc) is 3.28. The lowest BCUT2D eigenvalue weighted by Gasteiger charge is -2.12. The Morgan fingerprint density at radius 3 is 2.71 bits per heavy atom. The predicted octanol–water partition coefficient (Wildman–Crippen LogP) is 7.49. The number of amides is 1. The van der Waals surface area contributed by atoms with E-state index in [4.69, 9.17) is 11.6 Å². The van der Waals surface area contributed by atoms with Crippen LogP contribution in [0.5, 0.6) is 0 Å². The number of pyridine rings is 1. The number of hydrogen-bond acceptors (Lipinski definition) is 4. The van der Waals surface area contributed by atoms with E-state index in [-0.39, 0.29) is 5.91 Å². The Morgan fingerprint density at radius 1 is 1.00 bits per heavy atom. The van der Waals surface area contributed by atoms with Crippen LogP contribution < -0.4 is 5.32 Å². The second kappa shape index (κ2) is 10.2. The summed E-state index contributed by atoms with van der Waals surface area (Å²) in [5, 5.41) is 12.1. The molecule has 5 nitrogen and oxygen atoms in total. The normalized spacial score (nSPS) is 11.3.